The summed E-state index contributed by atoms with van der Waals surface area (Å²) in [5.74, 6) is 0.907. The Morgan fingerprint density at radius 2 is 2.26 bits per heavy atom. The Kier molecular flexibility index (Phi) is 4.65. The third-order valence-electron chi connectivity index (χ3n) is 3.44. The molecule has 0 aromatic carbocycles. The van der Waals surface area contributed by atoms with Crippen molar-refractivity contribution in [2.24, 2.45) is 5.92 Å². The minimum Gasteiger partial charge on any atom is -0.452 e. The molecule has 108 valence electrons. The number of alkyl halides is 1. The van der Waals surface area contributed by atoms with Crippen molar-refractivity contribution < 1.29 is 12.8 Å². The summed E-state index contributed by atoms with van der Waals surface area (Å²) in [7, 11) is -3.52. The molecule has 1 fully saturated rings. The maximum Gasteiger partial charge on any atom is 0.247 e. The van der Waals surface area contributed by atoms with Crippen LogP contribution in [0.5, 0.6) is 0 Å². The summed E-state index contributed by atoms with van der Waals surface area (Å²) < 4.78 is 32.5. The molecule has 2 heterocycles. The van der Waals surface area contributed by atoms with Crippen LogP contribution in [0.4, 0.5) is 0 Å². The highest BCUT2D eigenvalue weighted by molar-refractivity contribution is 9.10. The molecule has 1 aliphatic rings. The molecule has 0 spiro atoms. The van der Waals surface area contributed by atoms with Crippen molar-refractivity contribution in [1.82, 2.24) is 4.31 Å². The third-order valence-corrected chi connectivity index (χ3v) is 6.49. The first-order valence-corrected chi connectivity index (χ1v) is 9.00. The summed E-state index contributed by atoms with van der Waals surface area (Å²) in [5.41, 5.74) is 0. The first kappa shape index (κ1) is 15.4. The number of halogens is 2. The second kappa shape index (κ2) is 5.76. The monoisotopic (exact) mass is 369 g/mol. The van der Waals surface area contributed by atoms with Crippen LogP contribution in [-0.4, -0.2) is 25.3 Å². The number of hydrogen-bond donors (Lipinski definition) is 0. The summed E-state index contributed by atoms with van der Waals surface area (Å²) in [6, 6.07) is 1.56. The summed E-state index contributed by atoms with van der Waals surface area (Å²) in [6.45, 7) is 4.67. The Balaban J connectivity index is 2.39. The summed E-state index contributed by atoms with van der Waals surface area (Å²) in [5, 5.41) is 0. The minimum atomic E-state index is -3.52. The van der Waals surface area contributed by atoms with Crippen molar-refractivity contribution >= 4 is 37.6 Å². The Labute approximate surface area is 127 Å². The first-order valence-electron chi connectivity index (χ1n) is 6.24. The first-order chi connectivity index (χ1) is 8.87. The highest BCUT2D eigenvalue weighted by atomic mass is 79.9. The Bertz CT molecular complexity index is 555. The van der Waals surface area contributed by atoms with Crippen molar-refractivity contribution in [3.63, 3.8) is 0 Å². The van der Waals surface area contributed by atoms with Crippen LogP contribution in [0.2, 0.25) is 0 Å². The van der Waals surface area contributed by atoms with E-state index in [-0.39, 0.29) is 21.5 Å². The maximum absolute atomic E-state index is 12.7. The van der Waals surface area contributed by atoms with E-state index >= 15 is 0 Å². The van der Waals surface area contributed by atoms with Crippen LogP contribution in [0.15, 0.2) is 20.0 Å². The van der Waals surface area contributed by atoms with E-state index in [1.807, 2.05) is 13.8 Å². The summed E-state index contributed by atoms with van der Waals surface area (Å²) in [6.07, 6.45) is 1.81. The minimum absolute atomic E-state index is 0.0613. The molecule has 0 bridgehead atoms. The molecule has 19 heavy (non-hydrogen) atoms. The van der Waals surface area contributed by atoms with Crippen molar-refractivity contribution in [2.75, 3.05) is 6.54 Å². The van der Waals surface area contributed by atoms with Crippen molar-refractivity contribution in [3.8, 4) is 0 Å². The van der Waals surface area contributed by atoms with Crippen molar-refractivity contribution in [1.29, 1.82) is 0 Å². The van der Waals surface area contributed by atoms with Gasteiger partial charge in [-0.2, -0.15) is 4.31 Å². The van der Waals surface area contributed by atoms with Crippen LogP contribution in [-0.2, 0) is 15.9 Å². The van der Waals surface area contributed by atoms with Crippen LogP contribution in [0.25, 0.3) is 0 Å². The Hall–Kier alpha value is -0.0400. The smallest absolute Gasteiger partial charge is 0.247 e. The number of hydrogen-bond acceptors (Lipinski definition) is 3. The molecule has 0 radical (unpaired) electrons. The van der Waals surface area contributed by atoms with Gasteiger partial charge in [0, 0.05) is 18.7 Å². The lowest BCUT2D eigenvalue weighted by atomic mass is 10.0. The molecule has 1 aliphatic heterocycles. The van der Waals surface area contributed by atoms with Gasteiger partial charge in [0.25, 0.3) is 0 Å². The fraction of sp³-hybridized carbons (Fsp3) is 0.667. The van der Waals surface area contributed by atoms with Crippen molar-refractivity contribution in [2.45, 2.75) is 43.5 Å². The SMILES string of the molecule is CC(C)C1CCCN1S(=O)(=O)c1cc(CCl)oc1Br. The van der Waals surface area contributed by atoms with Gasteiger partial charge in [0.15, 0.2) is 4.67 Å². The second-order valence-electron chi connectivity index (χ2n) is 5.05. The lowest BCUT2D eigenvalue weighted by molar-refractivity contribution is 0.315. The maximum atomic E-state index is 12.7. The molecule has 7 heteroatoms. The second-order valence-corrected chi connectivity index (χ2v) is 7.90. The van der Waals surface area contributed by atoms with Gasteiger partial charge < -0.3 is 4.42 Å². The van der Waals surface area contributed by atoms with E-state index in [1.54, 1.807) is 4.31 Å². The van der Waals surface area contributed by atoms with E-state index in [1.165, 1.54) is 6.07 Å². The largest absolute Gasteiger partial charge is 0.452 e. The predicted octanol–water partition coefficient (Wildman–Crippen LogP) is 3.59. The lowest BCUT2D eigenvalue weighted by Crippen LogP contribution is -2.38. The number of rotatable bonds is 4. The molecule has 2 rings (SSSR count). The zero-order valence-electron chi connectivity index (χ0n) is 10.9. The molecule has 0 aliphatic carbocycles. The highest BCUT2D eigenvalue weighted by Crippen LogP contribution is 2.34. The van der Waals surface area contributed by atoms with E-state index in [9.17, 15) is 8.42 Å². The van der Waals surface area contributed by atoms with E-state index < -0.39 is 10.0 Å². The van der Waals surface area contributed by atoms with Crippen molar-refractivity contribution in [3.05, 3.63) is 16.5 Å². The zero-order chi connectivity index (χ0) is 14.2. The molecule has 0 amide bonds. The molecule has 4 nitrogen and oxygen atoms in total. The zero-order valence-corrected chi connectivity index (χ0v) is 14.1. The average Bonchev–Trinajstić information content (AvgIpc) is 2.94. The van der Waals surface area contributed by atoms with Gasteiger partial charge in [0.05, 0.1) is 5.88 Å². The molecule has 0 saturated carbocycles. The quantitative estimate of drug-likeness (QED) is 0.761. The van der Waals surface area contributed by atoms with E-state index in [0.717, 1.165) is 12.8 Å². The lowest BCUT2D eigenvalue weighted by Gasteiger charge is -2.26. The van der Waals surface area contributed by atoms with Gasteiger partial charge >= 0.3 is 0 Å². The molecular formula is C12H17BrClNO3S. The Morgan fingerprint density at radius 3 is 2.79 bits per heavy atom. The molecular weight excluding hydrogens is 354 g/mol. The van der Waals surface area contributed by atoms with E-state index in [4.69, 9.17) is 16.0 Å². The normalized spacial score (nSPS) is 21.4. The molecule has 0 N–H and O–H groups in total. The van der Waals surface area contributed by atoms with Gasteiger partial charge in [-0.3, -0.25) is 0 Å². The number of nitrogens with zero attached hydrogens (tertiary/aromatic N) is 1. The molecule has 1 atom stereocenters. The fourth-order valence-corrected chi connectivity index (χ4v) is 5.42. The van der Waals surface area contributed by atoms with Crippen LogP contribution in [0.3, 0.4) is 0 Å². The average molecular weight is 371 g/mol. The topological polar surface area (TPSA) is 50.5 Å². The molecule has 1 aromatic heterocycles. The van der Waals surface area contributed by atoms with Crippen LogP contribution in [0.1, 0.15) is 32.4 Å². The van der Waals surface area contributed by atoms with Gasteiger partial charge in [-0.1, -0.05) is 13.8 Å². The van der Waals surface area contributed by atoms with Gasteiger partial charge in [-0.25, -0.2) is 8.42 Å². The molecule has 1 unspecified atom stereocenters. The van der Waals surface area contributed by atoms with Crippen LogP contribution in [0, 0.1) is 5.92 Å². The van der Waals surface area contributed by atoms with Gasteiger partial charge in [0.1, 0.15) is 10.7 Å². The Morgan fingerprint density at radius 1 is 1.58 bits per heavy atom. The fourth-order valence-electron chi connectivity index (χ4n) is 2.50. The number of sulfonamides is 1. The van der Waals surface area contributed by atoms with Gasteiger partial charge in [-0.05, 0) is 34.7 Å². The van der Waals surface area contributed by atoms with Gasteiger partial charge in [-0.15, -0.1) is 11.6 Å². The van der Waals surface area contributed by atoms with Crippen LogP contribution >= 0.6 is 27.5 Å². The highest BCUT2D eigenvalue weighted by Gasteiger charge is 2.38. The van der Waals surface area contributed by atoms with Gasteiger partial charge in [0.2, 0.25) is 10.0 Å². The summed E-state index contributed by atoms with van der Waals surface area (Å²) >= 11 is 8.84. The third kappa shape index (κ3) is 2.86. The number of furan rings is 1. The van der Waals surface area contributed by atoms with Crippen LogP contribution < -0.4 is 0 Å². The summed E-state index contributed by atoms with van der Waals surface area (Å²) in [4.78, 5) is 0.177. The molecule has 1 saturated heterocycles. The molecule has 1 aromatic rings. The van der Waals surface area contributed by atoms with E-state index in [2.05, 4.69) is 15.9 Å². The predicted molar refractivity (Wildman–Crippen MR) is 77.7 cm³/mol. The standard InChI is InChI=1S/C12H17BrClNO3S/c1-8(2)10-4-3-5-15(10)19(16,17)11-6-9(7-14)18-12(11)13/h6,8,10H,3-5,7H2,1-2H3. The van der Waals surface area contributed by atoms with E-state index in [0.29, 0.717) is 18.2 Å².